The summed E-state index contributed by atoms with van der Waals surface area (Å²) in [7, 11) is 0. The van der Waals surface area contributed by atoms with Gasteiger partial charge in [-0.25, -0.2) is 4.79 Å². The van der Waals surface area contributed by atoms with E-state index in [0.29, 0.717) is 6.67 Å². The molecule has 0 saturated carbocycles. The van der Waals surface area contributed by atoms with Crippen molar-refractivity contribution in [3.8, 4) is 0 Å². The van der Waals surface area contributed by atoms with E-state index in [4.69, 9.17) is 0 Å². The summed E-state index contributed by atoms with van der Waals surface area (Å²) in [6.07, 6.45) is -0.927. The van der Waals surface area contributed by atoms with Gasteiger partial charge >= 0.3 is 6.09 Å². The van der Waals surface area contributed by atoms with E-state index in [1.807, 2.05) is 0 Å². The van der Waals surface area contributed by atoms with Crippen LogP contribution >= 0.6 is 0 Å². The second-order valence-corrected chi connectivity index (χ2v) is 1.23. The van der Waals surface area contributed by atoms with Gasteiger partial charge in [0.05, 0.1) is 0 Å². The molecule has 0 atom stereocenters. The maximum Gasteiger partial charge on any atom is 0.431 e. The van der Waals surface area contributed by atoms with Crippen molar-refractivity contribution in [3.05, 3.63) is 0 Å². The molecule has 7 nitrogen and oxygen atoms in total. The van der Waals surface area contributed by atoms with E-state index in [0.717, 1.165) is 5.28 Å². The second-order valence-electron chi connectivity index (χ2n) is 1.23. The van der Waals surface area contributed by atoms with Gasteiger partial charge in [0.1, 0.15) is 6.67 Å². The predicted molar refractivity (Wildman–Crippen MR) is 25.4 cm³/mol. The number of primary amides is 1. The van der Waals surface area contributed by atoms with Crippen molar-refractivity contribution < 1.29 is 9.63 Å². The number of hydrogen-bond donors (Lipinski definition) is 2. The summed E-state index contributed by atoms with van der Waals surface area (Å²) in [5.74, 6) is 0. The molecule has 7 heteroatoms. The predicted octanol–water partition coefficient (Wildman–Crippen LogP) is -0.858. The van der Waals surface area contributed by atoms with Crippen molar-refractivity contribution in [3.63, 3.8) is 0 Å². The van der Waals surface area contributed by atoms with Crippen molar-refractivity contribution in [1.29, 1.82) is 0 Å². The lowest BCUT2D eigenvalue weighted by Gasteiger charge is -2.06. The first-order chi connectivity index (χ1) is 4.29. The van der Waals surface area contributed by atoms with E-state index in [-0.39, 0.29) is 0 Å². The smallest absolute Gasteiger partial charge is 0.333 e. The molecule has 0 saturated heterocycles. The fraction of sp³-hybridized carbons (Fsp3) is 0.500. The van der Waals surface area contributed by atoms with Gasteiger partial charge in [0, 0.05) is 0 Å². The highest BCUT2D eigenvalue weighted by molar-refractivity contribution is 5.64. The van der Waals surface area contributed by atoms with Crippen molar-refractivity contribution in [2.45, 2.75) is 0 Å². The first-order valence-electron chi connectivity index (χ1n) is 2.17. The summed E-state index contributed by atoms with van der Waals surface area (Å²) >= 11 is 0. The lowest BCUT2D eigenvalue weighted by atomic mass is 11.2. The van der Waals surface area contributed by atoms with Crippen LogP contribution in [0.5, 0.6) is 0 Å². The fourth-order valence-corrected chi connectivity index (χ4v) is 0.349. The van der Waals surface area contributed by atoms with Crippen LogP contribution in [0.15, 0.2) is 10.3 Å². The number of nitrogens with one attached hydrogen (secondary N) is 1. The lowest BCUT2D eigenvalue weighted by molar-refractivity contribution is -0.126. The largest absolute Gasteiger partial charge is 0.431 e. The standard InChI is InChI=1S/C2H5N5O2/c3-2(8)9-7-5-1-4-6-7/h5H,1H2,(H2,3,8). The van der Waals surface area contributed by atoms with E-state index in [2.05, 4.69) is 26.3 Å². The molecule has 0 radical (unpaired) electrons. The van der Waals surface area contributed by atoms with E-state index in [9.17, 15) is 4.79 Å². The molecule has 50 valence electrons. The van der Waals surface area contributed by atoms with E-state index < -0.39 is 6.09 Å². The fourth-order valence-electron chi connectivity index (χ4n) is 0.349. The molecule has 0 fully saturated rings. The molecule has 1 heterocycles. The lowest BCUT2D eigenvalue weighted by Crippen LogP contribution is -2.33. The molecule has 1 amide bonds. The summed E-state index contributed by atoms with van der Waals surface area (Å²) in [6, 6.07) is 0. The van der Waals surface area contributed by atoms with Gasteiger partial charge in [-0.2, -0.15) is 5.43 Å². The Kier molecular flexibility index (Phi) is 1.45. The average Bonchev–Trinajstić information content (AvgIpc) is 2.15. The Morgan fingerprint density at radius 1 is 1.89 bits per heavy atom. The Labute approximate surface area is 50.4 Å². The van der Waals surface area contributed by atoms with E-state index in [1.54, 1.807) is 0 Å². The number of amides is 1. The van der Waals surface area contributed by atoms with Gasteiger partial charge in [0.15, 0.2) is 0 Å². The molecule has 1 aliphatic heterocycles. The Morgan fingerprint density at radius 2 is 2.67 bits per heavy atom. The molecule has 3 N–H and O–H groups in total. The van der Waals surface area contributed by atoms with Crippen LogP contribution in [0, 0.1) is 0 Å². The zero-order valence-electron chi connectivity index (χ0n) is 4.44. The molecule has 1 rings (SSSR count). The van der Waals surface area contributed by atoms with E-state index in [1.165, 1.54) is 0 Å². The molecule has 0 aromatic heterocycles. The zero-order chi connectivity index (χ0) is 6.69. The van der Waals surface area contributed by atoms with Gasteiger partial charge in [-0.15, -0.1) is 5.11 Å². The highest BCUT2D eigenvalue weighted by Gasteiger charge is 2.08. The zero-order valence-corrected chi connectivity index (χ0v) is 4.44. The summed E-state index contributed by atoms with van der Waals surface area (Å²) in [5.41, 5.74) is 7.09. The molecule has 9 heavy (non-hydrogen) atoms. The molecule has 1 aliphatic rings. The highest BCUT2D eigenvalue weighted by Crippen LogP contribution is 1.92. The Hall–Kier alpha value is -1.37. The van der Waals surface area contributed by atoms with Crippen LogP contribution in [0.4, 0.5) is 4.79 Å². The summed E-state index contributed by atoms with van der Waals surface area (Å²) in [6.45, 7) is 0.299. The van der Waals surface area contributed by atoms with Crippen molar-refractivity contribution in [2.24, 2.45) is 16.1 Å². The first-order valence-corrected chi connectivity index (χ1v) is 2.17. The van der Waals surface area contributed by atoms with Crippen LogP contribution < -0.4 is 11.2 Å². The van der Waals surface area contributed by atoms with Gasteiger partial charge < -0.3 is 5.73 Å². The molecule has 0 bridgehead atoms. The minimum atomic E-state index is -0.927. The third kappa shape index (κ3) is 1.53. The Morgan fingerprint density at radius 3 is 3.11 bits per heavy atom. The number of nitrogens with two attached hydrogens (primary N) is 1. The Balaban J connectivity index is 2.28. The topological polar surface area (TPSA) is 92.3 Å². The van der Waals surface area contributed by atoms with Crippen LogP contribution in [0.1, 0.15) is 0 Å². The number of rotatable bonds is 1. The molecule has 0 aromatic rings. The number of hydrazine groups is 1. The average molecular weight is 131 g/mol. The second kappa shape index (κ2) is 2.27. The molecule has 0 aromatic carbocycles. The van der Waals surface area contributed by atoms with Crippen molar-refractivity contribution in [2.75, 3.05) is 6.67 Å². The maximum atomic E-state index is 9.97. The monoisotopic (exact) mass is 131 g/mol. The molecular formula is C2H5N5O2. The molecule has 0 aliphatic carbocycles. The van der Waals surface area contributed by atoms with Crippen molar-refractivity contribution >= 4 is 6.09 Å². The van der Waals surface area contributed by atoms with Crippen LogP contribution in [0.3, 0.4) is 0 Å². The minimum absolute atomic E-state index is 0.299. The van der Waals surface area contributed by atoms with Crippen LogP contribution in [0.2, 0.25) is 0 Å². The first kappa shape index (κ1) is 5.76. The molecule has 0 unspecified atom stereocenters. The minimum Gasteiger partial charge on any atom is -0.333 e. The van der Waals surface area contributed by atoms with Crippen molar-refractivity contribution in [1.82, 2.24) is 10.7 Å². The van der Waals surface area contributed by atoms with Gasteiger partial charge in [-0.3, -0.25) is 4.84 Å². The number of hydrogen-bond acceptors (Lipinski definition) is 6. The van der Waals surface area contributed by atoms with Crippen LogP contribution in [-0.4, -0.2) is 18.0 Å². The van der Waals surface area contributed by atoms with E-state index >= 15 is 0 Å². The third-order valence-electron chi connectivity index (χ3n) is 0.598. The number of nitrogens with zero attached hydrogens (tertiary/aromatic N) is 3. The van der Waals surface area contributed by atoms with Gasteiger partial charge in [0.2, 0.25) is 0 Å². The SMILES string of the molecule is NC(=O)ON1N=NCN1. The normalized spacial score (nSPS) is 16.2. The van der Waals surface area contributed by atoms with Crippen LogP contribution in [0.25, 0.3) is 0 Å². The third-order valence-corrected chi connectivity index (χ3v) is 0.598. The number of carbonyl (C=O) groups is 1. The van der Waals surface area contributed by atoms with Gasteiger partial charge in [-0.05, 0) is 10.5 Å². The number of carbonyl (C=O) groups excluding carboxylic acids is 1. The molecular weight excluding hydrogens is 126 g/mol. The Bertz CT molecular complexity index is 144. The van der Waals surface area contributed by atoms with Gasteiger partial charge in [-0.1, -0.05) is 0 Å². The quantitative estimate of drug-likeness (QED) is 0.484. The van der Waals surface area contributed by atoms with Gasteiger partial charge in [0.25, 0.3) is 0 Å². The molecule has 0 spiro atoms. The summed E-state index contributed by atoms with van der Waals surface area (Å²) in [4.78, 5) is 14.2. The maximum absolute atomic E-state index is 9.97. The van der Waals surface area contributed by atoms with Crippen LogP contribution in [-0.2, 0) is 4.84 Å². The summed E-state index contributed by atoms with van der Waals surface area (Å²) in [5, 5.41) is 7.52. The highest BCUT2D eigenvalue weighted by atomic mass is 16.8. The summed E-state index contributed by atoms with van der Waals surface area (Å²) < 4.78 is 0.